The van der Waals surface area contributed by atoms with Gasteiger partial charge < -0.3 is 15.5 Å². The molecule has 2 aliphatic heterocycles. The monoisotopic (exact) mass is 310 g/mol. The molecule has 6 nitrogen and oxygen atoms in total. The number of piperazine rings is 1. The highest BCUT2D eigenvalue weighted by molar-refractivity contribution is 5.83. The van der Waals surface area contributed by atoms with E-state index in [0.717, 1.165) is 32.5 Å². The van der Waals surface area contributed by atoms with Crippen molar-refractivity contribution in [2.45, 2.75) is 39.7 Å². The van der Waals surface area contributed by atoms with Crippen LogP contribution in [0.3, 0.4) is 0 Å². The molecule has 126 valence electrons. The highest BCUT2D eigenvalue weighted by Crippen LogP contribution is 2.31. The van der Waals surface area contributed by atoms with Crippen LogP contribution < -0.4 is 10.6 Å². The van der Waals surface area contributed by atoms with Crippen molar-refractivity contribution in [3.05, 3.63) is 0 Å². The van der Waals surface area contributed by atoms with Crippen LogP contribution in [-0.4, -0.2) is 73.5 Å². The van der Waals surface area contributed by atoms with Crippen LogP contribution in [0.15, 0.2) is 0 Å². The van der Waals surface area contributed by atoms with E-state index in [-0.39, 0.29) is 23.3 Å². The third-order valence-corrected chi connectivity index (χ3v) is 4.80. The van der Waals surface area contributed by atoms with Crippen molar-refractivity contribution in [3.63, 3.8) is 0 Å². The standard InChI is InChI=1S/C16H30N4O2/c1-4-17-13(21)12-19-8-10-20(11-9-19)15(22)14-16(2,3)6-5-7-18-14/h14,18H,4-12H2,1-3H3,(H,17,21). The molecule has 2 rings (SSSR count). The molecule has 0 aromatic rings. The van der Waals surface area contributed by atoms with Crippen molar-refractivity contribution < 1.29 is 9.59 Å². The maximum Gasteiger partial charge on any atom is 0.240 e. The predicted octanol–water partition coefficient (Wildman–Crippen LogP) is 0.0449. The van der Waals surface area contributed by atoms with Gasteiger partial charge in [-0.05, 0) is 31.7 Å². The van der Waals surface area contributed by atoms with E-state index in [2.05, 4.69) is 29.4 Å². The number of carbonyl (C=O) groups excluding carboxylic acids is 2. The number of rotatable bonds is 4. The summed E-state index contributed by atoms with van der Waals surface area (Å²) in [5.41, 5.74) is 0.0213. The molecule has 0 aliphatic carbocycles. The Morgan fingerprint density at radius 1 is 1.23 bits per heavy atom. The second-order valence-electron chi connectivity index (χ2n) is 7.03. The third kappa shape index (κ3) is 4.20. The van der Waals surface area contributed by atoms with Crippen LogP contribution in [0.25, 0.3) is 0 Å². The maximum absolute atomic E-state index is 12.8. The van der Waals surface area contributed by atoms with Gasteiger partial charge in [0.05, 0.1) is 12.6 Å². The van der Waals surface area contributed by atoms with E-state index in [9.17, 15) is 9.59 Å². The molecule has 2 aliphatic rings. The number of hydrogen-bond donors (Lipinski definition) is 2. The zero-order valence-electron chi connectivity index (χ0n) is 14.2. The predicted molar refractivity (Wildman–Crippen MR) is 86.5 cm³/mol. The minimum absolute atomic E-state index is 0.0213. The molecule has 0 bridgehead atoms. The first-order valence-corrected chi connectivity index (χ1v) is 8.45. The Morgan fingerprint density at radius 3 is 2.50 bits per heavy atom. The Labute approximate surface area is 133 Å². The normalized spacial score (nSPS) is 25.8. The quantitative estimate of drug-likeness (QED) is 0.770. The number of hydrogen-bond acceptors (Lipinski definition) is 4. The SMILES string of the molecule is CCNC(=O)CN1CCN(C(=O)C2NCCCC2(C)C)CC1. The molecule has 1 atom stereocenters. The summed E-state index contributed by atoms with van der Waals surface area (Å²) in [7, 11) is 0. The smallest absolute Gasteiger partial charge is 0.240 e. The Kier molecular flexibility index (Phi) is 5.81. The lowest BCUT2D eigenvalue weighted by Gasteiger charge is -2.43. The van der Waals surface area contributed by atoms with E-state index in [1.807, 2.05) is 11.8 Å². The van der Waals surface area contributed by atoms with Gasteiger partial charge in [-0.1, -0.05) is 13.8 Å². The highest BCUT2D eigenvalue weighted by Gasteiger charge is 2.39. The van der Waals surface area contributed by atoms with Crippen molar-refractivity contribution in [2.75, 3.05) is 45.8 Å². The van der Waals surface area contributed by atoms with E-state index in [1.54, 1.807) is 0 Å². The van der Waals surface area contributed by atoms with Crippen LogP contribution in [0.1, 0.15) is 33.6 Å². The van der Waals surface area contributed by atoms with Gasteiger partial charge in [-0.2, -0.15) is 0 Å². The zero-order chi connectivity index (χ0) is 16.2. The summed E-state index contributed by atoms with van der Waals surface area (Å²) in [5.74, 6) is 0.291. The molecule has 1 unspecified atom stereocenters. The molecule has 0 radical (unpaired) electrons. The van der Waals surface area contributed by atoms with Crippen molar-refractivity contribution in [1.82, 2.24) is 20.4 Å². The van der Waals surface area contributed by atoms with Crippen LogP contribution >= 0.6 is 0 Å². The Bertz CT molecular complexity index is 403. The summed E-state index contributed by atoms with van der Waals surface area (Å²) in [6, 6.07) is -0.0730. The highest BCUT2D eigenvalue weighted by atomic mass is 16.2. The van der Waals surface area contributed by atoms with Crippen LogP contribution in [0, 0.1) is 5.41 Å². The average Bonchev–Trinajstić information content (AvgIpc) is 2.47. The first-order chi connectivity index (χ1) is 10.4. The molecular weight excluding hydrogens is 280 g/mol. The summed E-state index contributed by atoms with van der Waals surface area (Å²) in [4.78, 5) is 28.5. The number of carbonyl (C=O) groups is 2. The van der Waals surface area contributed by atoms with Gasteiger partial charge in [0.15, 0.2) is 0 Å². The second kappa shape index (κ2) is 7.42. The summed E-state index contributed by atoms with van der Waals surface area (Å²) in [6.07, 6.45) is 2.23. The van der Waals surface area contributed by atoms with Crippen LogP contribution in [0.2, 0.25) is 0 Å². The molecule has 2 fully saturated rings. The largest absolute Gasteiger partial charge is 0.355 e. The van der Waals surface area contributed by atoms with Crippen molar-refractivity contribution >= 4 is 11.8 Å². The summed E-state index contributed by atoms with van der Waals surface area (Å²) in [5, 5.41) is 6.22. The third-order valence-electron chi connectivity index (χ3n) is 4.80. The Hall–Kier alpha value is -1.14. The number of nitrogens with one attached hydrogen (secondary N) is 2. The topological polar surface area (TPSA) is 64.7 Å². The first-order valence-electron chi connectivity index (χ1n) is 8.45. The zero-order valence-corrected chi connectivity index (χ0v) is 14.2. The number of nitrogens with zero attached hydrogens (tertiary/aromatic N) is 2. The minimum Gasteiger partial charge on any atom is -0.355 e. The molecular formula is C16H30N4O2. The van der Waals surface area contributed by atoms with Gasteiger partial charge in [0.1, 0.15) is 0 Å². The van der Waals surface area contributed by atoms with Crippen molar-refractivity contribution in [1.29, 1.82) is 0 Å². The fourth-order valence-corrected chi connectivity index (χ4v) is 3.40. The molecule has 0 aromatic heterocycles. The molecule has 2 heterocycles. The van der Waals surface area contributed by atoms with E-state index in [4.69, 9.17) is 0 Å². The average molecular weight is 310 g/mol. The summed E-state index contributed by atoms with van der Waals surface area (Å²) < 4.78 is 0. The lowest BCUT2D eigenvalue weighted by atomic mass is 9.77. The van der Waals surface area contributed by atoms with Crippen LogP contribution in [0.5, 0.6) is 0 Å². The first kappa shape index (κ1) is 17.2. The van der Waals surface area contributed by atoms with Gasteiger partial charge in [0.25, 0.3) is 0 Å². The van der Waals surface area contributed by atoms with Gasteiger partial charge >= 0.3 is 0 Å². The second-order valence-corrected chi connectivity index (χ2v) is 7.03. The van der Waals surface area contributed by atoms with Gasteiger partial charge in [0, 0.05) is 32.7 Å². The minimum atomic E-state index is -0.0730. The molecule has 2 amide bonds. The van der Waals surface area contributed by atoms with E-state index < -0.39 is 0 Å². The lowest BCUT2D eigenvalue weighted by Crippen LogP contribution is -2.60. The summed E-state index contributed by atoms with van der Waals surface area (Å²) >= 11 is 0. The number of piperidine rings is 1. The molecule has 0 spiro atoms. The summed E-state index contributed by atoms with van der Waals surface area (Å²) in [6.45, 7) is 11.3. The van der Waals surface area contributed by atoms with Crippen molar-refractivity contribution in [2.24, 2.45) is 5.41 Å². The van der Waals surface area contributed by atoms with Crippen molar-refractivity contribution in [3.8, 4) is 0 Å². The molecule has 6 heteroatoms. The van der Waals surface area contributed by atoms with Gasteiger partial charge in [0.2, 0.25) is 11.8 Å². The fourth-order valence-electron chi connectivity index (χ4n) is 3.40. The Balaban J connectivity index is 1.83. The van der Waals surface area contributed by atoms with Crippen LogP contribution in [0.4, 0.5) is 0 Å². The lowest BCUT2D eigenvalue weighted by molar-refractivity contribution is -0.139. The van der Waals surface area contributed by atoms with Crippen LogP contribution in [-0.2, 0) is 9.59 Å². The van der Waals surface area contributed by atoms with E-state index in [1.165, 1.54) is 0 Å². The number of amides is 2. The molecule has 2 N–H and O–H groups in total. The number of likely N-dealkylation sites (N-methyl/N-ethyl adjacent to an activating group) is 1. The van der Waals surface area contributed by atoms with Gasteiger partial charge in [-0.25, -0.2) is 0 Å². The fraction of sp³-hybridized carbons (Fsp3) is 0.875. The van der Waals surface area contributed by atoms with Gasteiger partial charge in [-0.15, -0.1) is 0 Å². The van der Waals surface area contributed by atoms with Gasteiger partial charge in [-0.3, -0.25) is 14.5 Å². The molecule has 2 saturated heterocycles. The molecule has 0 saturated carbocycles. The van der Waals surface area contributed by atoms with E-state index >= 15 is 0 Å². The van der Waals surface area contributed by atoms with E-state index in [0.29, 0.717) is 26.2 Å². The Morgan fingerprint density at radius 2 is 1.91 bits per heavy atom. The molecule has 0 aromatic carbocycles. The molecule has 22 heavy (non-hydrogen) atoms. The maximum atomic E-state index is 12.8.